The Morgan fingerprint density at radius 2 is 1.83 bits per heavy atom. The highest BCUT2D eigenvalue weighted by Gasteiger charge is 2.43. The number of rotatable bonds is 2. The number of aromatic nitrogens is 2. The zero-order valence-corrected chi connectivity index (χ0v) is 12.7. The predicted octanol–water partition coefficient (Wildman–Crippen LogP) is 3.42. The van der Waals surface area contributed by atoms with Crippen LogP contribution in [-0.4, -0.2) is 32.8 Å². The fraction of sp³-hybridized carbons (Fsp3) is 0.412. The van der Waals surface area contributed by atoms with Crippen LogP contribution in [0.1, 0.15) is 31.7 Å². The summed E-state index contributed by atoms with van der Waals surface area (Å²) < 4.78 is 15.0. The van der Waals surface area contributed by atoms with Crippen molar-refractivity contribution in [2.75, 3.05) is 5.32 Å². The molecule has 3 heterocycles. The molecule has 23 heavy (non-hydrogen) atoms. The molecular weight excluding hydrogens is 295 g/mol. The number of piperidine rings is 1. The standard InChI is InChI=1S/C17H19FN4O/c18-12-2-4-13(5-3-12)20-17(23)22-14-6-7-15(22)11-16(10-14)21-9-1-8-19-21/h1-5,8-9,14-16H,6-7,10-11H2,(H,20,23). The van der Waals surface area contributed by atoms with Gasteiger partial charge < -0.3 is 10.2 Å². The average Bonchev–Trinajstić information content (AvgIpc) is 3.16. The summed E-state index contributed by atoms with van der Waals surface area (Å²) in [6, 6.07) is 8.63. The van der Waals surface area contributed by atoms with Crippen molar-refractivity contribution in [3.05, 3.63) is 48.5 Å². The first kappa shape index (κ1) is 14.2. The minimum atomic E-state index is -0.303. The molecule has 2 aliphatic rings. The van der Waals surface area contributed by atoms with Crippen molar-refractivity contribution >= 4 is 11.7 Å². The molecule has 2 amide bonds. The molecule has 4 rings (SSSR count). The Bertz CT molecular complexity index is 671. The predicted molar refractivity (Wildman–Crippen MR) is 84.6 cm³/mol. The molecule has 0 saturated carbocycles. The minimum Gasteiger partial charge on any atom is -0.318 e. The van der Waals surface area contributed by atoms with E-state index in [2.05, 4.69) is 10.4 Å². The monoisotopic (exact) mass is 314 g/mol. The van der Waals surface area contributed by atoms with Crippen molar-refractivity contribution in [2.45, 2.75) is 43.8 Å². The summed E-state index contributed by atoms with van der Waals surface area (Å²) in [5, 5.41) is 7.23. The number of carbonyl (C=O) groups excluding carboxylic acids is 1. The third-order valence-electron chi connectivity index (χ3n) is 4.94. The molecule has 2 saturated heterocycles. The second-order valence-electron chi connectivity index (χ2n) is 6.34. The summed E-state index contributed by atoms with van der Waals surface area (Å²) in [4.78, 5) is 14.6. The lowest BCUT2D eigenvalue weighted by atomic mass is 9.98. The third kappa shape index (κ3) is 2.69. The normalized spacial score (nSPS) is 26.3. The molecule has 2 aliphatic heterocycles. The van der Waals surface area contributed by atoms with Crippen LogP contribution < -0.4 is 5.32 Å². The quantitative estimate of drug-likeness (QED) is 0.923. The van der Waals surface area contributed by atoms with Crippen molar-refractivity contribution in [2.24, 2.45) is 0 Å². The van der Waals surface area contributed by atoms with E-state index in [0.29, 0.717) is 11.7 Å². The Morgan fingerprint density at radius 1 is 1.13 bits per heavy atom. The number of amides is 2. The van der Waals surface area contributed by atoms with E-state index in [9.17, 15) is 9.18 Å². The fourth-order valence-electron chi connectivity index (χ4n) is 3.91. The number of anilines is 1. The van der Waals surface area contributed by atoms with Gasteiger partial charge in [0.15, 0.2) is 0 Å². The summed E-state index contributed by atoms with van der Waals surface area (Å²) in [5.74, 6) is -0.303. The molecule has 0 radical (unpaired) electrons. The Hall–Kier alpha value is -2.37. The van der Waals surface area contributed by atoms with Crippen LogP contribution in [0.15, 0.2) is 42.7 Å². The minimum absolute atomic E-state index is 0.0805. The van der Waals surface area contributed by atoms with Gasteiger partial charge in [-0.15, -0.1) is 0 Å². The second-order valence-corrected chi connectivity index (χ2v) is 6.34. The third-order valence-corrected chi connectivity index (χ3v) is 4.94. The highest BCUT2D eigenvalue weighted by Crippen LogP contribution is 2.40. The molecule has 2 aromatic rings. The van der Waals surface area contributed by atoms with Crippen molar-refractivity contribution in [3.8, 4) is 0 Å². The molecule has 6 heteroatoms. The van der Waals surface area contributed by atoms with Gasteiger partial charge in [-0.2, -0.15) is 5.10 Å². The first-order valence-electron chi connectivity index (χ1n) is 8.05. The molecule has 2 unspecified atom stereocenters. The van der Waals surface area contributed by atoms with Gasteiger partial charge in [-0.05, 0) is 56.0 Å². The van der Waals surface area contributed by atoms with E-state index in [1.807, 2.05) is 21.8 Å². The van der Waals surface area contributed by atoms with Crippen LogP contribution in [0.2, 0.25) is 0 Å². The summed E-state index contributed by atoms with van der Waals surface area (Å²) >= 11 is 0. The van der Waals surface area contributed by atoms with Gasteiger partial charge in [0.25, 0.3) is 0 Å². The zero-order chi connectivity index (χ0) is 15.8. The van der Waals surface area contributed by atoms with Crippen molar-refractivity contribution in [1.29, 1.82) is 0 Å². The molecule has 120 valence electrons. The molecule has 1 aromatic heterocycles. The maximum absolute atomic E-state index is 13.0. The summed E-state index contributed by atoms with van der Waals surface area (Å²) in [6.45, 7) is 0. The first-order chi connectivity index (χ1) is 11.2. The number of nitrogens with zero attached hydrogens (tertiary/aromatic N) is 3. The molecule has 0 spiro atoms. The molecular formula is C17H19FN4O. The summed E-state index contributed by atoms with van der Waals surface area (Å²) in [6.07, 6.45) is 7.76. The average molecular weight is 314 g/mol. The number of hydrogen-bond acceptors (Lipinski definition) is 2. The van der Waals surface area contributed by atoms with Crippen molar-refractivity contribution < 1.29 is 9.18 Å². The van der Waals surface area contributed by atoms with E-state index in [1.54, 1.807) is 18.3 Å². The topological polar surface area (TPSA) is 50.2 Å². The number of halogens is 1. The van der Waals surface area contributed by atoms with Crippen LogP contribution in [0.5, 0.6) is 0 Å². The largest absolute Gasteiger partial charge is 0.322 e. The second kappa shape index (κ2) is 5.68. The summed E-state index contributed by atoms with van der Waals surface area (Å²) in [7, 11) is 0. The lowest BCUT2D eigenvalue weighted by Crippen LogP contribution is -2.48. The molecule has 1 N–H and O–H groups in total. The number of nitrogens with one attached hydrogen (secondary N) is 1. The van der Waals surface area contributed by atoms with Gasteiger partial charge in [0.05, 0.1) is 6.04 Å². The highest BCUT2D eigenvalue weighted by atomic mass is 19.1. The molecule has 5 nitrogen and oxygen atoms in total. The Labute approximate surface area is 134 Å². The summed E-state index contributed by atoms with van der Waals surface area (Å²) in [5.41, 5.74) is 0.630. The Balaban J connectivity index is 1.46. The molecule has 2 fully saturated rings. The number of benzene rings is 1. The Kier molecular flexibility index (Phi) is 3.52. The molecule has 0 aliphatic carbocycles. The number of urea groups is 1. The van der Waals surface area contributed by atoms with E-state index in [4.69, 9.17) is 0 Å². The SMILES string of the molecule is O=C(Nc1ccc(F)cc1)N1C2CCC1CC(n1cccn1)C2. The van der Waals surface area contributed by atoms with Crippen LogP contribution in [0.25, 0.3) is 0 Å². The lowest BCUT2D eigenvalue weighted by molar-refractivity contribution is 0.129. The zero-order valence-electron chi connectivity index (χ0n) is 12.7. The smallest absolute Gasteiger partial charge is 0.318 e. The molecule has 2 atom stereocenters. The van der Waals surface area contributed by atoms with Crippen LogP contribution in [0.3, 0.4) is 0 Å². The number of carbonyl (C=O) groups is 1. The maximum atomic E-state index is 13.0. The highest BCUT2D eigenvalue weighted by molar-refractivity contribution is 5.90. The van der Waals surface area contributed by atoms with Gasteiger partial charge in [-0.3, -0.25) is 4.68 Å². The van der Waals surface area contributed by atoms with Gasteiger partial charge in [0.1, 0.15) is 5.82 Å². The van der Waals surface area contributed by atoms with E-state index in [1.165, 1.54) is 12.1 Å². The molecule has 1 aromatic carbocycles. The van der Waals surface area contributed by atoms with Gasteiger partial charge >= 0.3 is 6.03 Å². The van der Waals surface area contributed by atoms with Gasteiger partial charge in [-0.25, -0.2) is 9.18 Å². The maximum Gasteiger partial charge on any atom is 0.322 e. The van der Waals surface area contributed by atoms with Crippen LogP contribution in [0, 0.1) is 5.82 Å². The van der Waals surface area contributed by atoms with Gasteiger partial charge in [0.2, 0.25) is 0 Å². The van der Waals surface area contributed by atoms with Crippen molar-refractivity contribution in [3.63, 3.8) is 0 Å². The van der Waals surface area contributed by atoms with Gasteiger partial charge in [0, 0.05) is 30.2 Å². The van der Waals surface area contributed by atoms with Crippen LogP contribution in [0.4, 0.5) is 14.9 Å². The first-order valence-corrected chi connectivity index (χ1v) is 8.05. The Morgan fingerprint density at radius 3 is 2.43 bits per heavy atom. The van der Waals surface area contributed by atoms with Gasteiger partial charge in [-0.1, -0.05) is 0 Å². The van der Waals surface area contributed by atoms with Crippen LogP contribution in [-0.2, 0) is 0 Å². The molecule has 2 bridgehead atoms. The van der Waals surface area contributed by atoms with Crippen LogP contribution >= 0.6 is 0 Å². The van der Waals surface area contributed by atoms with E-state index in [-0.39, 0.29) is 23.9 Å². The van der Waals surface area contributed by atoms with E-state index >= 15 is 0 Å². The van der Waals surface area contributed by atoms with E-state index in [0.717, 1.165) is 25.7 Å². The number of hydrogen-bond donors (Lipinski definition) is 1. The van der Waals surface area contributed by atoms with E-state index < -0.39 is 0 Å². The number of fused-ring (bicyclic) bond motifs is 2. The fourth-order valence-corrected chi connectivity index (χ4v) is 3.91. The lowest BCUT2D eigenvalue weighted by Gasteiger charge is -2.38. The van der Waals surface area contributed by atoms with Crippen molar-refractivity contribution in [1.82, 2.24) is 14.7 Å².